The zero-order valence-corrected chi connectivity index (χ0v) is 10.8. The quantitative estimate of drug-likeness (QED) is 0.885. The Kier molecular flexibility index (Phi) is 4.13. The zero-order chi connectivity index (χ0) is 15.6. The molecule has 0 atom stereocenters. The molecule has 2 rings (SSSR count). The van der Waals surface area contributed by atoms with Crippen LogP contribution in [0.1, 0.15) is 16.8 Å². The smallest absolute Gasteiger partial charge is 0.326 e. The Bertz CT molecular complexity index is 707. The minimum absolute atomic E-state index is 0.0402. The number of pyridine rings is 1. The Morgan fingerprint density at radius 2 is 1.81 bits per heavy atom. The maximum absolute atomic E-state index is 13.3. The van der Waals surface area contributed by atoms with Crippen molar-refractivity contribution in [3.63, 3.8) is 0 Å². The number of hydrogen-bond acceptors (Lipinski definition) is 2. The monoisotopic (exact) mass is 300 g/mol. The highest BCUT2D eigenvalue weighted by Gasteiger charge is 2.34. The van der Waals surface area contributed by atoms with E-state index in [0.29, 0.717) is 10.1 Å². The van der Waals surface area contributed by atoms with E-state index in [2.05, 4.69) is 0 Å². The molecule has 1 aromatic carbocycles. The third-order valence-corrected chi connectivity index (χ3v) is 3.06. The van der Waals surface area contributed by atoms with Gasteiger partial charge in [0.2, 0.25) is 0 Å². The van der Waals surface area contributed by atoms with Crippen molar-refractivity contribution >= 4 is 0 Å². The molecule has 0 spiro atoms. The second-order valence-electron chi connectivity index (χ2n) is 4.45. The van der Waals surface area contributed by atoms with E-state index in [4.69, 9.17) is 5.73 Å². The molecule has 0 saturated carbocycles. The summed E-state index contributed by atoms with van der Waals surface area (Å²) < 4.78 is 52.6. The molecular formula is C14H12F4N2O. The van der Waals surface area contributed by atoms with Crippen LogP contribution in [0.2, 0.25) is 0 Å². The van der Waals surface area contributed by atoms with Crippen molar-refractivity contribution in [1.29, 1.82) is 0 Å². The summed E-state index contributed by atoms with van der Waals surface area (Å²) in [6.45, 7) is -0.350. The number of halogens is 4. The number of aromatic nitrogens is 1. The number of nitrogens with zero attached hydrogens (tertiary/aromatic N) is 1. The molecule has 0 radical (unpaired) electrons. The first-order valence-electron chi connectivity index (χ1n) is 6.07. The predicted molar refractivity (Wildman–Crippen MR) is 69.1 cm³/mol. The summed E-state index contributed by atoms with van der Waals surface area (Å²) in [4.78, 5) is 11.7. The number of alkyl halides is 3. The lowest BCUT2D eigenvalue weighted by Gasteiger charge is -2.16. The van der Waals surface area contributed by atoms with Crippen molar-refractivity contribution < 1.29 is 17.6 Å². The highest BCUT2D eigenvalue weighted by atomic mass is 19.4. The van der Waals surface area contributed by atoms with Crippen LogP contribution in [0.3, 0.4) is 0 Å². The molecule has 0 bridgehead atoms. The van der Waals surface area contributed by atoms with Gasteiger partial charge in [0, 0.05) is 12.6 Å². The molecule has 112 valence electrons. The molecule has 0 aliphatic carbocycles. The molecule has 0 saturated heterocycles. The van der Waals surface area contributed by atoms with Crippen molar-refractivity contribution in [1.82, 2.24) is 4.57 Å². The topological polar surface area (TPSA) is 48.0 Å². The first-order chi connectivity index (χ1) is 9.82. The van der Waals surface area contributed by atoms with Gasteiger partial charge in [0.1, 0.15) is 11.5 Å². The van der Waals surface area contributed by atoms with Crippen LogP contribution in [-0.2, 0) is 19.3 Å². The van der Waals surface area contributed by atoms with Gasteiger partial charge in [-0.1, -0.05) is 12.1 Å². The maximum Gasteiger partial charge on any atom is 0.431 e. The van der Waals surface area contributed by atoms with E-state index in [0.717, 1.165) is 24.3 Å². The molecule has 0 unspecified atom stereocenters. The fourth-order valence-corrected chi connectivity index (χ4v) is 2.04. The molecule has 7 heteroatoms. The molecule has 21 heavy (non-hydrogen) atoms. The van der Waals surface area contributed by atoms with Crippen molar-refractivity contribution in [2.75, 3.05) is 0 Å². The second-order valence-corrected chi connectivity index (χ2v) is 4.45. The largest absolute Gasteiger partial charge is 0.431 e. The summed E-state index contributed by atoms with van der Waals surface area (Å²) in [6, 6.07) is 6.52. The number of rotatable bonds is 3. The normalized spacial score (nSPS) is 11.7. The molecule has 2 aromatic rings. The van der Waals surface area contributed by atoms with Crippen molar-refractivity contribution in [2.24, 2.45) is 5.73 Å². The maximum atomic E-state index is 13.3. The standard InChI is InChI=1S/C14H12F4N2O/c15-11-5-4-9(7-19)10(6-11)8-20-12(14(16,17)18)2-1-3-13(20)21/h1-6H,7-8,19H2. The van der Waals surface area contributed by atoms with Gasteiger partial charge in [0.05, 0.1) is 6.54 Å². The van der Waals surface area contributed by atoms with Gasteiger partial charge in [-0.2, -0.15) is 13.2 Å². The summed E-state index contributed by atoms with van der Waals surface area (Å²) >= 11 is 0. The summed E-state index contributed by atoms with van der Waals surface area (Å²) in [7, 11) is 0. The van der Waals surface area contributed by atoms with E-state index in [1.54, 1.807) is 0 Å². The van der Waals surface area contributed by atoms with Gasteiger partial charge in [-0.25, -0.2) is 4.39 Å². The lowest BCUT2D eigenvalue weighted by Crippen LogP contribution is -2.28. The first kappa shape index (κ1) is 15.2. The van der Waals surface area contributed by atoms with E-state index in [1.165, 1.54) is 12.1 Å². The molecule has 0 aliphatic heterocycles. The second kappa shape index (κ2) is 5.69. The third-order valence-electron chi connectivity index (χ3n) is 3.06. The highest BCUT2D eigenvalue weighted by Crippen LogP contribution is 2.28. The van der Waals surface area contributed by atoms with E-state index in [9.17, 15) is 22.4 Å². The minimum Gasteiger partial charge on any atom is -0.326 e. The highest BCUT2D eigenvalue weighted by molar-refractivity contribution is 5.29. The third kappa shape index (κ3) is 3.30. The zero-order valence-electron chi connectivity index (χ0n) is 10.8. The summed E-state index contributed by atoms with van der Waals surface area (Å²) in [5, 5.41) is 0. The summed E-state index contributed by atoms with van der Waals surface area (Å²) in [6.07, 6.45) is -4.67. The number of nitrogens with two attached hydrogens (primary N) is 1. The van der Waals surface area contributed by atoms with Gasteiger partial charge >= 0.3 is 6.18 Å². The van der Waals surface area contributed by atoms with Crippen molar-refractivity contribution in [3.05, 3.63) is 69.4 Å². The molecule has 1 heterocycles. The van der Waals surface area contributed by atoms with Gasteiger partial charge < -0.3 is 5.73 Å². The van der Waals surface area contributed by atoms with Crippen LogP contribution in [-0.4, -0.2) is 4.57 Å². The number of hydrogen-bond donors (Lipinski definition) is 1. The van der Waals surface area contributed by atoms with Gasteiger partial charge in [-0.3, -0.25) is 9.36 Å². The molecule has 2 N–H and O–H groups in total. The number of benzene rings is 1. The van der Waals surface area contributed by atoms with E-state index in [-0.39, 0.29) is 12.1 Å². The van der Waals surface area contributed by atoms with E-state index in [1.807, 2.05) is 0 Å². The molecular weight excluding hydrogens is 288 g/mol. The summed E-state index contributed by atoms with van der Waals surface area (Å²) in [5.41, 5.74) is 4.33. The average molecular weight is 300 g/mol. The van der Waals surface area contributed by atoms with Crippen LogP contribution < -0.4 is 11.3 Å². The fraction of sp³-hybridized carbons (Fsp3) is 0.214. The molecule has 0 amide bonds. The fourth-order valence-electron chi connectivity index (χ4n) is 2.04. The van der Waals surface area contributed by atoms with E-state index < -0.39 is 29.8 Å². The lowest BCUT2D eigenvalue weighted by atomic mass is 10.1. The molecule has 0 fully saturated rings. The Morgan fingerprint density at radius 3 is 2.43 bits per heavy atom. The SMILES string of the molecule is NCc1ccc(F)cc1Cn1c(C(F)(F)F)cccc1=O. The van der Waals surface area contributed by atoms with Crippen LogP contribution in [0.5, 0.6) is 0 Å². The van der Waals surface area contributed by atoms with Crippen LogP contribution in [0, 0.1) is 5.82 Å². The molecule has 3 nitrogen and oxygen atoms in total. The van der Waals surface area contributed by atoms with Gasteiger partial charge in [-0.15, -0.1) is 0 Å². The van der Waals surface area contributed by atoms with Crippen LogP contribution >= 0.6 is 0 Å². The van der Waals surface area contributed by atoms with Crippen LogP contribution in [0.25, 0.3) is 0 Å². The molecule has 0 aliphatic rings. The van der Waals surface area contributed by atoms with Gasteiger partial charge in [0.15, 0.2) is 0 Å². The van der Waals surface area contributed by atoms with Gasteiger partial charge in [0.25, 0.3) is 5.56 Å². The first-order valence-corrected chi connectivity index (χ1v) is 6.07. The van der Waals surface area contributed by atoms with Crippen molar-refractivity contribution in [2.45, 2.75) is 19.3 Å². The van der Waals surface area contributed by atoms with Crippen LogP contribution in [0.15, 0.2) is 41.2 Å². The Labute approximate surface area is 117 Å². The molecule has 1 aromatic heterocycles. The Hall–Kier alpha value is -2.15. The van der Waals surface area contributed by atoms with Gasteiger partial charge in [-0.05, 0) is 29.3 Å². The van der Waals surface area contributed by atoms with Crippen LogP contribution in [0.4, 0.5) is 17.6 Å². The van der Waals surface area contributed by atoms with Crippen molar-refractivity contribution in [3.8, 4) is 0 Å². The lowest BCUT2D eigenvalue weighted by molar-refractivity contribution is -0.144. The Balaban J connectivity index is 2.55. The minimum atomic E-state index is -4.67. The Morgan fingerprint density at radius 1 is 1.10 bits per heavy atom. The average Bonchev–Trinajstić information content (AvgIpc) is 2.40. The predicted octanol–water partition coefficient (Wildman–Crippen LogP) is 2.51. The van der Waals surface area contributed by atoms with E-state index >= 15 is 0 Å². The summed E-state index contributed by atoms with van der Waals surface area (Å²) in [5.74, 6) is -0.597.